The summed E-state index contributed by atoms with van der Waals surface area (Å²) in [6.45, 7) is 0.644. The van der Waals surface area contributed by atoms with E-state index in [9.17, 15) is 45.3 Å². The van der Waals surface area contributed by atoms with Gasteiger partial charge in [0.25, 0.3) is 0 Å². The number of carbonyl (C=O) groups excluding carboxylic acids is 2. The Balaban J connectivity index is 1.17. The second-order valence-electron chi connectivity index (χ2n) is 12.4. The molecule has 7 fully saturated rings. The van der Waals surface area contributed by atoms with Gasteiger partial charge < -0.3 is 64.2 Å². The zero-order chi connectivity index (χ0) is 32.1. The lowest BCUT2D eigenvalue weighted by atomic mass is 9.41. The number of aliphatic hydroxyl groups excluding tert-OH is 3. The largest absolute Gasteiger partial charge is 0.504 e. The predicted molar refractivity (Wildman–Crippen MR) is 143 cm³/mol. The Morgan fingerprint density at radius 1 is 0.978 bits per heavy atom. The summed E-state index contributed by atoms with van der Waals surface area (Å²) >= 11 is 0. The lowest BCUT2D eigenvalue weighted by molar-refractivity contribution is -0.424. The maximum atomic E-state index is 12.9. The van der Waals surface area contributed by atoms with Crippen molar-refractivity contribution in [3.63, 3.8) is 0 Å². The van der Waals surface area contributed by atoms with Gasteiger partial charge >= 0.3 is 11.9 Å². The molecule has 1 unspecified atom stereocenters. The highest BCUT2D eigenvalue weighted by Gasteiger charge is 2.94. The number of phenolic OH excluding ortho intramolecular Hbond substituents is 3. The quantitative estimate of drug-likeness (QED) is 0.145. The van der Waals surface area contributed by atoms with Crippen molar-refractivity contribution < 1.29 is 73.8 Å². The van der Waals surface area contributed by atoms with Crippen LogP contribution in [0.1, 0.15) is 40.5 Å². The minimum absolute atomic E-state index is 0.0172. The van der Waals surface area contributed by atoms with Crippen LogP contribution in [0.2, 0.25) is 0 Å². The lowest BCUT2D eigenvalue weighted by Crippen LogP contribution is -2.80. The van der Waals surface area contributed by atoms with E-state index < -0.39 is 107 Å². The van der Waals surface area contributed by atoms with Gasteiger partial charge in [-0.1, -0.05) is 18.2 Å². The summed E-state index contributed by atoms with van der Waals surface area (Å²) in [6.07, 6.45) is -9.30. The lowest BCUT2D eigenvalue weighted by Gasteiger charge is -2.67. The Bertz CT molecular complexity index is 1510. The third-order valence-electron chi connectivity index (χ3n) is 10.1. The molecule has 11 atom stereocenters. The molecule has 7 aliphatic rings. The minimum atomic E-state index is -1.85. The highest BCUT2D eigenvalue weighted by molar-refractivity contribution is 5.91. The summed E-state index contributed by atoms with van der Waals surface area (Å²) < 4.78 is 35.5. The zero-order valence-electron chi connectivity index (χ0n) is 23.8. The molecule has 45 heavy (non-hydrogen) atoms. The Morgan fingerprint density at radius 3 is 2.33 bits per heavy atom. The highest BCUT2D eigenvalue weighted by Crippen LogP contribution is 2.81. The van der Waals surface area contributed by atoms with Gasteiger partial charge in [0.2, 0.25) is 0 Å². The molecule has 7 N–H and O–H groups in total. The van der Waals surface area contributed by atoms with Crippen molar-refractivity contribution in [1.29, 1.82) is 0 Å². The number of aromatic hydroxyl groups is 3. The first-order chi connectivity index (χ1) is 21.3. The Kier molecular flexibility index (Phi) is 6.68. The predicted octanol–water partition coefficient (Wildman–Crippen LogP) is -0.376. The standard InChI is InChI=1S/C30H32O15/c1-27-11-29(39)18-9-30(27,28(18,26(44-27)45-29)12-40-23(37)13-5-3-2-4-6-13)43-25-21(36)22(20(35)17(10-31)41-25)42-24(38)14-7-15(32)19(34)16(33)8-14/h2-8,17-18,20-22,25-26,31-36,39H,9-12H2,1H3/t17-,18+,20-,21-,22+,25+,26?,27+,28+,29-,30+/m1/s1. The van der Waals surface area contributed by atoms with Crippen LogP contribution in [0.5, 0.6) is 17.2 Å². The number of aliphatic hydroxyl groups is 4. The second-order valence-corrected chi connectivity index (χ2v) is 12.4. The fourth-order valence-corrected chi connectivity index (χ4v) is 7.91. The molecule has 6 bridgehead atoms. The molecule has 4 aliphatic heterocycles. The van der Waals surface area contributed by atoms with Crippen molar-refractivity contribution >= 4 is 11.9 Å². The minimum Gasteiger partial charge on any atom is -0.504 e. The number of carbonyl (C=O) groups is 2. The molecule has 15 heteroatoms. The summed E-state index contributed by atoms with van der Waals surface area (Å²) in [6, 6.07) is 9.91. The molecule has 242 valence electrons. The molecule has 15 nitrogen and oxygen atoms in total. The molecule has 4 saturated heterocycles. The van der Waals surface area contributed by atoms with Gasteiger partial charge in [-0.25, -0.2) is 9.59 Å². The number of benzene rings is 2. The highest BCUT2D eigenvalue weighted by atomic mass is 16.8. The molecule has 0 aromatic heterocycles. The van der Waals surface area contributed by atoms with Gasteiger partial charge in [-0.2, -0.15) is 0 Å². The molecular formula is C30H32O15. The van der Waals surface area contributed by atoms with Crippen LogP contribution in [0.3, 0.4) is 0 Å². The van der Waals surface area contributed by atoms with Gasteiger partial charge in [-0.15, -0.1) is 0 Å². The monoisotopic (exact) mass is 632 g/mol. The van der Waals surface area contributed by atoms with Gasteiger partial charge in [0.15, 0.2) is 41.7 Å². The van der Waals surface area contributed by atoms with E-state index in [0.717, 1.165) is 12.1 Å². The van der Waals surface area contributed by atoms with E-state index in [2.05, 4.69) is 0 Å². The average Bonchev–Trinajstić information content (AvgIpc) is 3.20. The smallest absolute Gasteiger partial charge is 0.338 e. The first-order valence-corrected chi connectivity index (χ1v) is 14.4. The number of ether oxygens (including phenoxy) is 6. The third-order valence-corrected chi connectivity index (χ3v) is 10.1. The first kappa shape index (κ1) is 30.1. The van der Waals surface area contributed by atoms with Crippen molar-refractivity contribution in [2.24, 2.45) is 11.3 Å². The average molecular weight is 633 g/mol. The molecule has 2 aromatic carbocycles. The summed E-state index contributed by atoms with van der Waals surface area (Å²) in [7, 11) is 0. The van der Waals surface area contributed by atoms with Crippen molar-refractivity contribution in [2.75, 3.05) is 13.2 Å². The van der Waals surface area contributed by atoms with Crippen LogP contribution in [0.15, 0.2) is 42.5 Å². The maximum Gasteiger partial charge on any atom is 0.338 e. The molecule has 3 aliphatic carbocycles. The Hall–Kier alpha value is -3.54. The molecule has 0 spiro atoms. The summed E-state index contributed by atoms with van der Waals surface area (Å²) in [5, 5.41) is 72.8. The van der Waals surface area contributed by atoms with E-state index in [4.69, 9.17) is 28.4 Å². The van der Waals surface area contributed by atoms with Crippen LogP contribution in [0.25, 0.3) is 0 Å². The summed E-state index contributed by atoms with van der Waals surface area (Å²) in [5.74, 6) is -6.49. The van der Waals surface area contributed by atoms with Crippen molar-refractivity contribution in [3.05, 3.63) is 53.6 Å². The fourth-order valence-electron chi connectivity index (χ4n) is 7.91. The number of phenols is 3. The van der Waals surface area contributed by atoms with E-state index in [0.29, 0.717) is 5.56 Å². The van der Waals surface area contributed by atoms with Gasteiger partial charge in [-0.3, -0.25) is 0 Å². The van der Waals surface area contributed by atoms with Gasteiger partial charge in [0, 0.05) is 12.3 Å². The Labute approximate surface area is 255 Å². The zero-order valence-corrected chi connectivity index (χ0v) is 23.8. The van der Waals surface area contributed by atoms with E-state index >= 15 is 0 Å². The van der Waals surface area contributed by atoms with Crippen LogP contribution in [0.4, 0.5) is 0 Å². The van der Waals surface area contributed by atoms with Crippen molar-refractivity contribution in [1.82, 2.24) is 0 Å². The van der Waals surface area contributed by atoms with Crippen molar-refractivity contribution in [3.8, 4) is 17.2 Å². The maximum absolute atomic E-state index is 12.9. The molecule has 3 saturated carbocycles. The molecule has 4 heterocycles. The Morgan fingerprint density at radius 2 is 1.67 bits per heavy atom. The normalized spacial score (nSPS) is 42.3. The van der Waals surface area contributed by atoms with Gasteiger partial charge in [-0.05, 0) is 37.6 Å². The van der Waals surface area contributed by atoms with Crippen LogP contribution in [-0.4, -0.2) is 115 Å². The molecule has 9 rings (SSSR count). The molecule has 2 aromatic rings. The van der Waals surface area contributed by atoms with Crippen molar-refractivity contribution in [2.45, 2.75) is 73.8 Å². The topological polar surface area (TPSA) is 231 Å². The molecule has 0 radical (unpaired) electrons. The van der Waals surface area contributed by atoms with Crippen LogP contribution >= 0.6 is 0 Å². The van der Waals surface area contributed by atoms with E-state index in [-0.39, 0.29) is 19.4 Å². The van der Waals surface area contributed by atoms with E-state index in [1.165, 1.54) is 0 Å². The number of hydrogen-bond acceptors (Lipinski definition) is 15. The molecular weight excluding hydrogens is 600 g/mol. The van der Waals surface area contributed by atoms with Crippen LogP contribution < -0.4 is 0 Å². The fraction of sp³-hybridized carbons (Fsp3) is 0.533. The number of rotatable bonds is 8. The second kappa shape index (κ2) is 9.98. The van der Waals surface area contributed by atoms with Gasteiger partial charge in [0.05, 0.1) is 23.1 Å². The van der Waals surface area contributed by atoms with E-state index in [1.807, 2.05) is 0 Å². The SMILES string of the molecule is C[C@@]12C[C@@]3(O)OC(O1)[C@]1(COC(=O)c4ccccc4)[C@@H]3C[C@]21O[C@@H]1O[C@H](CO)[C@@H](O)[C@H](OC(=O)c2cc(O)c(O)c(O)c2)[C@H]1O. The number of hydrogen-bond donors (Lipinski definition) is 7. The van der Waals surface area contributed by atoms with Crippen LogP contribution in [-0.2, 0) is 28.4 Å². The molecule has 0 amide bonds. The van der Waals surface area contributed by atoms with E-state index in [1.54, 1.807) is 37.3 Å². The third kappa shape index (κ3) is 3.99. The number of esters is 2. The van der Waals surface area contributed by atoms with Crippen LogP contribution in [0, 0.1) is 11.3 Å². The summed E-state index contributed by atoms with van der Waals surface area (Å²) in [5.41, 5.74) is -3.94. The van der Waals surface area contributed by atoms with Gasteiger partial charge in [0.1, 0.15) is 36.1 Å². The summed E-state index contributed by atoms with van der Waals surface area (Å²) in [4.78, 5) is 25.9. The first-order valence-electron chi connectivity index (χ1n) is 14.4.